The molecule has 6 heteroatoms. The number of hydrogen-bond acceptors (Lipinski definition) is 3. The van der Waals surface area contributed by atoms with Gasteiger partial charge in [0.2, 0.25) is 0 Å². The first-order chi connectivity index (χ1) is 8.04. The maximum Gasteiger partial charge on any atom is 0.265 e. The fraction of sp³-hybridized carbons (Fsp3) is 0. The summed E-state index contributed by atoms with van der Waals surface area (Å²) >= 11 is 10.5. The minimum Gasteiger partial charge on any atom is -0.399 e. The predicted molar refractivity (Wildman–Crippen MR) is 75.8 cm³/mol. The van der Waals surface area contributed by atoms with Gasteiger partial charge in [-0.05, 0) is 40.2 Å². The van der Waals surface area contributed by atoms with Crippen LogP contribution in [0.4, 0.5) is 11.4 Å². The summed E-state index contributed by atoms with van der Waals surface area (Å²) in [5.74, 6) is -0.178. The van der Waals surface area contributed by atoms with Crippen molar-refractivity contribution in [3.63, 3.8) is 0 Å². The molecule has 0 bridgehead atoms. The molecule has 1 aromatic carbocycles. The number of nitrogens with two attached hydrogens (primary N) is 1. The second-order valence-corrected chi connectivity index (χ2v) is 5.62. The first kappa shape index (κ1) is 12.4. The van der Waals surface area contributed by atoms with Gasteiger partial charge in [-0.25, -0.2) is 0 Å². The van der Waals surface area contributed by atoms with Gasteiger partial charge in [-0.3, -0.25) is 4.79 Å². The fourth-order valence-electron chi connectivity index (χ4n) is 1.31. The van der Waals surface area contributed by atoms with E-state index >= 15 is 0 Å². The van der Waals surface area contributed by atoms with Crippen LogP contribution in [-0.4, -0.2) is 5.91 Å². The fourth-order valence-corrected chi connectivity index (χ4v) is 2.87. The molecular formula is C11H8BrClN2OS. The smallest absolute Gasteiger partial charge is 0.265 e. The standard InChI is InChI=1S/C11H8BrClN2OS/c12-6-1-10(17-5-6)11(16)15-9-3-7(13)2-8(14)4-9/h1-5H,14H2,(H,15,16). The van der Waals surface area contributed by atoms with Crippen LogP contribution in [0.2, 0.25) is 5.02 Å². The summed E-state index contributed by atoms with van der Waals surface area (Å²) in [6.07, 6.45) is 0. The quantitative estimate of drug-likeness (QED) is 0.817. The normalized spacial score (nSPS) is 10.2. The van der Waals surface area contributed by atoms with E-state index in [0.29, 0.717) is 21.3 Å². The minimum absolute atomic E-state index is 0.178. The number of rotatable bonds is 2. The predicted octanol–water partition coefficient (Wildman–Crippen LogP) is 4.00. The van der Waals surface area contributed by atoms with Crippen molar-refractivity contribution in [3.8, 4) is 0 Å². The molecule has 88 valence electrons. The van der Waals surface area contributed by atoms with E-state index in [1.165, 1.54) is 11.3 Å². The molecule has 1 amide bonds. The summed E-state index contributed by atoms with van der Waals surface area (Å²) in [6.45, 7) is 0. The Morgan fingerprint density at radius 1 is 1.35 bits per heavy atom. The molecule has 0 aliphatic rings. The largest absolute Gasteiger partial charge is 0.399 e. The van der Waals surface area contributed by atoms with Crippen LogP contribution in [0.25, 0.3) is 0 Å². The zero-order valence-electron chi connectivity index (χ0n) is 8.54. The van der Waals surface area contributed by atoms with E-state index in [1.54, 1.807) is 24.3 Å². The van der Waals surface area contributed by atoms with Crippen LogP contribution in [-0.2, 0) is 0 Å². The van der Waals surface area contributed by atoms with Crippen molar-refractivity contribution in [2.75, 3.05) is 11.1 Å². The number of carbonyl (C=O) groups excluding carboxylic acids is 1. The van der Waals surface area contributed by atoms with E-state index in [2.05, 4.69) is 21.2 Å². The first-order valence-electron chi connectivity index (χ1n) is 4.66. The van der Waals surface area contributed by atoms with Gasteiger partial charge in [-0.15, -0.1) is 11.3 Å². The second-order valence-electron chi connectivity index (χ2n) is 3.36. The molecule has 2 rings (SSSR count). The molecule has 0 aliphatic carbocycles. The molecular weight excluding hydrogens is 324 g/mol. The van der Waals surface area contributed by atoms with Gasteiger partial charge in [0.1, 0.15) is 0 Å². The summed E-state index contributed by atoms with van der Waals surface area (Å²) in [6, 6.07) is 6.69. The number of amides is 1. The Morgan fingerprint density at radius 3 is 2.71 bits per heavy atom. The highest BCUT2D eigenvalue weighted by Crippen LogP contribution is 2.23. The Hall–Kier alpha value is -1.04. The summed E-state index contributed by atoms with van der Waals surface area (Å²) in [4.78, 5) is 12.5. The zero-order valence-corrected chi connectivity index (χ0v) is 11.7. The van der Waals surface area contributed by atoms with Gasteiger partial charge in [0.15, 0.2) is 0 Å². The molecule has 3 nitrogen and oxygen atoms in total. The van der Waals surface area contributed by atoms with Crippen LogP contribution < -0.4 is 11.1 Å². The summed E-state index contributed by atoms with van der Waals surface area (Å²) < 4.78 is 0.887. The lowest BCUT2D eigenvalue weighted by Gasteiger charge is -2.05. The average Bonchev–Trinajstić information content (AvgIpc) is 2.63. The molecule has 0 aliphatic heterocycles. The Balaban J connectivity index is 2.18. The van der Waals surface area contributed by atoms with Crippen molar-refractivity contribution in [1.29, 1.82) is 0 Å². The van der Waals surface area contributed by atoms with Gasteiger partial charge in [-0.2, -0.15) is 0 Å². The van der Waals surface area contributed by atoms with Crippen LogP contribution >= 0.6 is 38.9 Å². The van der Waals surface area contributed by atoms with Gasteiger partial charge in [-0.1, -0.05) is 11.6 Å². The first-order valence-corrected chi connectivity index (χ1v) is 6.71. The maximum atomic E-state index is 11.8. The lowest BCUT2D eigenvalue weighted by Crippen LogP contribution is -2.10. The Morgan fingerprint density at radius 2 is 2.12 bits per heavy atom. The Labute approximate surface area is 116 Å². The molecule has 1 heterocycles. The molecule has 0 fully saturated rings. The highest BCUT2D eigenvalue weighted by atomic mass is 79.9. The minimum atomic E-state index is -0.178. The van der Waals surface area contributed by atoms with E-state index < -0.39 is 0 Å². The van der Waals surface area contributed by atoms with Crippen LogP contribution in [0.1, 0.15) is 9.67 Å². The third-order valence-electron chi connectivity index (χ3n) is 1.97. The summed E-state index contributed by atoms with van der Waals surface area (Å²) in [7, 11) is 0. The number of nitrogens with one attached hydrogen (secondary N) is 1. The van der Waals surface area contributed by atoms with Gasteiger partial charge in [0.25, 0.3) is 5.91 Å². The molecule has 0 atom stereocenters. The SMILES string of the molecule is Nc1cc(Cl)cc(NC(=O)c2cc(Br)cs2)c1. The Kier molecular flexibility index (Phi) is 3.71. The van der Waals surface area contributed by atoms with Crippen molar-refractivity contribution >= 4 is 56.1 Å². The maximum absolute atomic E-state index is 11.8. The van der Waals surface area contributed by atoms with Crippen molar-refractivity contribution in [2.24, 2.45) is 0 Å². The number of anilines is 2. The Bertz CT molecular complexity index is 550. The van der Waals surface area contributed by atoms with Gasteiger partial charge >= 0.3 is 0 Å². The molecule has 0 unspecified atom stereocenters. The molecule has 2 aromatic rings. The molecule has 0 saturated heterocycles. The van der Waals surface area contributed by atoms with Crippen LogP contribution in [0.15, 0.2) is 34.1 Å². The highest BCUT2D eigenvalue weighted by molar-refractivity contribution is 9.10. The van der Waals surface area contributed by atoms with Crippen LogP contribution in [0, 0.1) is 0 Å². The van der Waals surface area contributed by atoms with Gasteiger partial charge in [0.05, 0.1) is 4.88 Å². The van der Waals surface area contributed by atoms with Gasteiger partial charge < -0.3 is 11.1 Å². The summed E-state index contributed by atoms with van der Waals surface area (Å²) in [5.41, 5.74) is 6.74. The third-order valence-corrected chi connectivity index (χ3v) is 3.88. The topological polar surface area (TPSA) is 55.1 Å². The van der Waals surface area contributed by atoms with E-state index in [1.807, 2.05) is 5.38 Å². The van der Waals surface area contributed by atoms with Crippen molar-refractivity contribution in [1.82, 2.24) is 0 Å². The molecule has 0 spiro atoms. The number of hydrogen-bond donors (Lipinski definition) is 2. The number of nitrogen functional groups attached to an aromatic ring is 1. The average molecular weight is 332 g/mol. The monoisotopic (exact) mass is 330 g/mol. The number of benzene rings is 1. The second kappa shape index (κ2) is 5.08. The lowest BCUT2D eigenvalue weighted by atomic mass is 10.3. The van der Waals surface area contributed by atoms with Crippen molar-refractivity contribution in [2.45, 2.75) is 0 Å². The van der Waals surface area contributed by atoms with Crippen molar-refractivity contribution < 1.29 is 4.79 Å². The van der Waals surface area contributed by atoms with Crippen LogP contribution in [0.5, 0.6) is 0 Å². The third kappa shape index (κ3) is 3.21. The molecule has 1 aromatic heterocycles. The van der Waals surface area contributed by atoms with E-state index in [9.17, 15) is 4.79 Å². The molecule has 3 N–H and O–H groups in total. The lowest BCUT2D eigenvalue weighted by molar-refractivity contribution is 0.103. The number of halogens is 2. The van der Waals surface area contributed by atoms with E-state index in [4.69, 9.17) is 17.3 Å². The van der Waals surface area contributed by atoms with E-state index in [0.717, 1.165) is 4.47 Å². The molecule has 17 heavy (non-hydrogen) atoms. The summed E-state index contributed by atoms with van der Waals surface area (Å²) in [5, 5.41) is 5.08. The van der Waals surface area contributed by atoms with Crippen molar-refractivity contribution in [3.05, 3.63) is 44.0 Å². The number of thiophene rings is 1. The zero-order chi connectivity index (χ0) is 12.4. The van der Waals surface area contributed by atoms with Gasteiger partial charge in [0, 0.05) is 26.3 Å². The number of carbonyl (C=O) groups is 1. The highest BCUT2D eigenvalue weighted by Gasteiger charge is 2.09. The van der Waals surface area contributed by atoms with Crippen LogP contribution in [0.3, 0.4) is 0 Å². The van der Waals surface area contributed by atoms with E-state index in [-0.39, 0.29) is 5.91 Å². The molecule has 0 saturated carbocycles. The molecule has 0 radical (unpaired) electrons.